The van der Waals surface area contributed by atoms with E-state index in [0.29, 0.717) is 17.3 Å². The monoisotopic (exact) mass is 558 g/mol. The minimum Gasteiger partial charge on any atom is -0.406 e. The lowest BCUT2D eigenvalue weighted by Gasteiger charge is -2.18. The van der Waals surface area contributed by atoms with Gasteiger partial charge in [0.2, 0.25) is 5.95 Å². The molecule has 8 nitrogen and oxygen atoms in total. The van der Waals surface area contributed by atoms with E-state index >= 15 is 0 Å². The number of aryl methyl sites for hydroxylation is 1. The number of ether oxygens (including phenoxy) is 1. The van der Waals surface area contributed by atoms with Crippen LogP contribution >= 0.6 is 12.1 Å². The highest BCUT2D eigenvalue weighted by molar-refractivity contribution is 7.96. The number of anilines is 3. The highest BCUT2D eigenvalue weighted by atomic mass is 32.2. The molecule has 0 unspecified atom stereocenters. The van der Waals surface area contributed by atoms with Crippen LogP contribution in [0, 0.1) is 6.92 Å². The van der Waals surface area contributed by atoms with Crippen molar-refractivity contribution < 1.29 is 22.7 Å². The Kier molecular flexibility index (Phi) is 9.94. The highest BCUT2D eigenvalue weighted by Crippen LogP contribution is 2.27. The van der Waals surface area contributed by atoms with Crippen LogP contribution < -0.4 is 19.7 Å². The fourth-order valence-electron chi connectivity index (χ4n) is 3.48. The number of halogens is 3. The number of amides is 2. The topological polar surface area (TPSA) is 91.7 Å². The Morgan fingerprint density at radius 1 is 1.15 bits per heavy atom. The van der Waals surface area contributed by atoms with Crippen molar-refractivity contribution in [3.8, 4) is 5.75 Å². The van der Waals surface area contributed by atoms with Crippen molar-refractivity contribution in [1.29, 1.82) is 0 Å². The number of hydrogen-bond acceptors (Lipinski definition) is 7. The summed E-state index contributed by atoms with van der Waals surface area (Å²) in [5.41, 5.74) is 4.67. The number of benzene rings is 2. The fraction of sp³-hybridized carbons (Fsp3) is 0.259. The van der Waals surface area contributed by atoms with Crippen LogP contribution in [-0.2, 0) is 0 Å². The van der Waals surface area contributed by atoms with E-state index in [1.807, 2.05) is 44.2 Å². The number of urea groups is 1. The van der Waals surface area contributed by atoms with Gasteiger partial charge < -0.3 is 15.0 Å². The first kappa shape index (κ1) is 29.5. The Hall–Kier alpha value is -4.06. The molecule has 0 saturated heterocycles. The lowest BCUT2D eigenvalue weighted by Crippen LogP contribution is -2.23. The quantitative estimate of drug-likeness (QED) is 0.210. The second kappa shape index (κ2) is 13.1. The van der Waals surface area contributed by atoms with Crippen molar-refractivity contribution >= 4 is 47.8 Å². The van der Waals surface area contributed by atoms with Crippen LogP contribution in [0.25, 0.3) is 6.08 Å². The molecule has 0 fully saturated rings. The van der Waals surface area contributed by atoms with Crippen molar-refractivity contribution in [2.45, 2.75) is 40.0 Å². The van der Waals surface area contributed by atoms with Gasteiger partial charge in [0.05, 0.1) is 17.8 Å². The second-order valence-electron chi connectivity index (χ2n) is 8.82. The number of hydrogen-bond donors (Lipinski definition) is 2. The third-order valence-electron chi connectivity index (χ3n) is 5.42. The summed E-state index contributed by atoms with van der Waals surface area (Å²) in [5, 5.41) is 2.83. The van der Waals surface area contributed by atoms with Crippen LogP contribution in [0.15, 0.2) is 64.7 Å². The van der Waals surface area contributed by atoms with E-state index in [1.165, 1.54) is 24.3 Å². The van der Waals surface area contributed by atoms with Crippen molar-refractivity contribution in [2.24, 2.45) is 4.40 Å². The third-order valence-corrected chi connectivity index (χ3v) is 5.91. The summed E-state index contributed by atoms with van der Waals surface area (Å²) < 4.78 is 47.8. The van der Waals surface area contributed by atoms with E-state index < -0.39 is 6.36 Å². The maximum absolute atomic E-state index is 12.4. The molecule has 0 atom stereocenters. The summed E-state index contributed by atoms with van der Waals surface area (Å²) in [6, 6.07) is 12.7. The molecule has 0 aliphatic rings. The molecule has 1 aromatic heterocycles. The molecule has 0 saturated carbocycles. The molecule has 0 bridgehead atoms. The van der Waals surface area contributed by atoms with E-state index in [2.05, 4.69) is 43.0 Å². The molecular formula is C27H29F3N6O2S. The van der Waals surface area contributed by atoms with Gasteiger partial charge in [-0.05, 0) is 67.3 Å². The molecule has 2 amide bonds. The number of nitrogens with zero attached hydrogens (tertiary/aromatic N) is 4. The first-order chi connectivity index (χ1) is 18.4. The van der Waals surface area contributed by atoms with Gasteiger partial charge in [-0.25, -0.2) is 19.2 Å². The number of carbonyl (C=O) groups is 1. The zero-order valence-corrected chi connectivity index (χ0v) is 22.9. The predicted octanol–water partition coefficient (Wildman–Crippen LogP) is 7.43. The van der Waals surface area contributed by atoms with Crippen molar-refractivity contribution in [2.75, 3.05) is 17.3 Å². The molecule has 3 rings (SSSR count). The largest absolute Gasteiger partial charge is 0.573 e. The van der Waals surface area contributed by atoms with Gasteiger partial charge in [-0.1, -0.05) is 32.0 Å². The molecule has 0 spiro atoms. The van der Waals surface area contributed by atoms with Crippen LogP contribution in [-0.4, -0.2) is 35.6 Å². The molecule has 12 heteroatoms. The zero-order chi connectivity index (χ0) is 28.6. The van der Waals surface area contributed by atoms with Gasteiger partial charge in [0.25, 0.3) is 0 Å². The molecular weight excluding hydrogens is 529 g/mol. The Morgan fingerprint density at radius 2 is 1.85 bits per heavy atom. The number of nitrogens with one attached hydrogen (secondary N) is 2. The number of alkyl halides is 3. The van der Waals surface area contributed by atoms with E-state index in [9.17, 15) is 18.0 Å². The summed E-state index contributed by atoms with van der Waals surface area (Å²) >= 11 is 0.903. The average Bonchev–Trinajstić information content (AvgIpc) is 2.87. The number of allylic oxidation sites excluding steroid dienone is 1. The summed E-state index contributed by atoms with van der Waals surface area (Å²) in [5.74, 6) is 0.347. The third kappa shape index (κ3) is 9.02. The molecule has 1 heterocycles. The van der Waals surface area contributed by atoms with Gasteiger partial charge in [-0.15, -0.1) is 13.2 Å². The van der Waals surface area contributed by atoms with Crippen LogP contribution in [0.2, 0.25) is 0 Å². The maximum atomic E-state index is 12.4. The Balaban J connectivity index is 1.56. The lowest BCUT2D eigenvalue weighted by atomic mass is 10.0. The minimum atomic E-state index is -4.75. The minimum absolute atomic E-state index is 0.273. The summed E-state index contributed by atoms with van der Waals surface area (Å²) in [4.78, 5) is 22.8. The van der Waals surface area contributed by atoms with Gasteiger partial charge in [-0.3, -0.25) is 4.72 Å². The Bertz CT molecular complexity index is 1340. The summed E-state index contributed by atoms with van der Waals surface area (Å²) in [6.45, 7) is 7.80. The van der Waals surface area contributed by atoms with Crippen molar-refractivity contribution in [3.05, 3.63) is 77.1 Å². The molecule has 39 heavy (non-hydrogen) atoms. The van der Waals surface area contributed by atoms with Gasteiger partial charge in [0.15, 0.2) is 0 Å². The first-order valence-electron chi connectivity index (χ1n) is 11.9. The summed E-state index contributed by atoms with van der Waals surface area (Å²) in [6.07, 6.45) is 0.365. The zero-order valence-electron chi connectivity index (χ0n) is 22.1. The van der Waals surface area contributed by atoms with Crippen molar-refractivity contribution in [3.63, 3.8) is 0 Å². The number of rotatable bonds is 9. The first-order valence-corrected chi connectivity index (χ1v) is 12.7. The SMILES string of the molecule is CC(/C=N/SNC(=O)Nc1ccccc1C(C)C)=C\c1cnc(N(C)c2ccc(OC(F)(F)F)cc2)nc1C. The van der Waals surface area contributed by atoms with E-state index in [4.69, 9.17) is 0 Å². The second-order valence-corrected chi connectivity index (χ2v) is 9.42. The van der Waals surface area contributed by atoms with Gasteiger partial charge >= 0.3 is 12.4 Å². The van der Waals surface area contributed by atoms with Crippen LogP contribution in [0.5, 0.6) is 5.75 Å². The predicted molar refractivity (Wildman–Crippen MR) is 150 cm³/mol. The lowest BCUT2D eigenvalue weighted by molar-refractivity contribution is -0.274. The molecule has 2 N–H and O–H groups in total. The number of para-hydroxylation sites is 1. The van der Waals surface area contributed by atoms with E-state index in [1.54, 1.807) is 24.4 Å². The standard InChI is InChI=1S/C27H29F3N6O2S/c1-17(2)23-8-6-7-9-24(23)34-26(37)35-39-32-15-18(3)14-20-16-31-25(33-19(20)4)36(5)21-10-12-22(13-11-21)38-27(28,29)30/h6-17H,1-5H3,(H2,34,35,37)/b18-14+,32-15+. The molecule has 0 aliphatic heterocycles. The molecule has 0 radical (unpaired) electrons. The Morgan fingerprint density at radius 3 is 2.49 bits per heavy atom. The van der Waals surface area contributed by atoms with Gasteiger partial charge in [0.1, 0.15) is 5.75 Å². The van der Waals surface area contributed by atoms with Crippen molar-refractivity contribution in [1.82, 2.24) is 14.7 Å². The Labute approximate surface area is 229 Å². The molecule has 2 aromatic carbocycles. The molecule has 206 valence electrons. The normalized spacial score (nSPS) is 12.1. The number of carbonyl (C=O) groups excluding carboxylic acids is 1. The van der Waals surface area contributed by atoms with Crippen LogP contribution in [0.3, 0.4) is 0 Å². The van der Waals surface area contributed by atoms with Crippen LogP contribution in [0.4, 0.5) is 35.3 Å². The van der Waals surface area contributed by atoms with E-state index in [-0.39, 0.29) is 17.7 Å². The van der Waals surface area contributed by atoms with Gasteiger partial charge in [0, 0.05) is 36.4 Å². The fourth-order valence-corrected chi connectivity index (χ4v) is 3.88. The van der Waals surface area contributed by atoms with E-state index in [0.717, 1.165) is 34.5 Å². The molecule has 0 aliphatic carbocycles. The number of aromatic nitrogens is 2. The maximum Gasteiger partial charge on any atom is 0.573 e. The highest BCUT2D eigenvalue weighted by Gasteiger charge is 2.31. The van der Waals surface area contributed by atoms with Crippen LogP contribution in [0.1, 0.15) is 43.5 Å². The summed E-state index contributed by atoms with van der Waals surface area (Å²) in [7, 11) is 1.71. The van der Waals surface area contributed by atoms with Gasteiger partial charge in [-0.2, -0.15) is 0 Å². The average molecular weight is 559 g/mol. The molecule has 3 aromatic rings. The smallest absolute Gasteiger partial charge is 0.406 e.